The number of fused-ring (bicyclic) bond motifs is 1. The minimum absolute atomic E-state index is 0.732. The molecule has 3 heterocycles. The van der Waals surface area contributed by atoms with E-state index in [1.807, 2.05) is 31.2 Å². The van der Waals surface area contributed by atoms with Gasteiger partial charge in [-0.25, -0.2) is 4.98 Å². The zero-order chi connectivity index (χ0) is 11.7. The van der Waals surface area contributed by atoms with Crippen LogP contribution in [0.25, 0.3) is 11.3 Å². The fourth-order valence-electron chi connectivity index (χ4n) is 1.91. The van der Waals surface area contributed by atoms with Crippen molar-refractivity contribution in [3.05, 3.63) is 47.0 Å². The average molecular weight is 224 g/mol. The Morgan fingerprint density at radius 2 is 1.94 bits per heavy atom. The first-order chi connectivity index (χ1) is 8.34. The Morgan fingerprint density at radius 3 is 2.82 bits per heavy atom. The van der Waals surface area contributed by atoms with E-state index in [1.54, 1.807) is 6.20 Å². The fraction of sp³-hybridized carbons (Fsp3) is 0.231. The number of hydrogen-bond acceptors (Lipinski definition) is 4. The van der Waals surface area contributed by atoms with Gasteiger partial charge in [0.05, 0.1) is 18.8 Å². The van der Waals surface area contributed by atoms with Crippen molar-refractivity contribution in [3.8, 4) is 11.3 Å². The molecule has 0 saturated carbocycles. The van der Waals surface area contributed by atoms with Crippen molar-refractivity contribution >= 4 is 0 Å². The first-order valence-corrected chi connectivity index (χ1v) is 5.62. The highest BCUT2D eigenvalue weighted by atomic mass is 14.9. The Labute approximate surface area is 98.8 Å². The van der Waals surface area contributed by atoms with Crippen LogP contribution in [-0.4, -0.2) is 23.1 Å². The van der Waals surface area contributed by atoms with Crippen molar-refractivity contribution in [1.82, 2.24) is 9.97 Å². The van der Waals surface area contributed by atoms with Crippen LogP contribution in [0, 0.1) is 6.92 Å². The number of rotatable bonds is 1. The Bertz CT molecular complexity index is 676. The fourth-order valence-corrected chi connectivity index (χ4v) is 1.91. The molecule has 0 unspecified atom stereocenters. The van der Waals surface area contributed by atoms with Crippen molar-refractivity contribution in [2.75, 3.05) is 13.1 Å². The molecule has 0 aromatic carbocycles. The molecule has 2 aromatic rings. The smallest absolute Gasteiger partial charge is 0.173 e. The van der Waals surface area contributed by atoms with E-state index >= 15 is 0 Å². The van der Waals surface area contributed by atoms with E-state index in [0.29, 0.717) is 0 Å². The molecule has 1 aliphatic heterocycles. The highest BCUT2D eigenvalue weighted by molar-refractivity contribution is 5.60. The van der Waals surface area contributed by atoms with Crippen molar-refractivity contribution in [2.24, 2.45) is 9.98 Å². The van der Waals surface area contributed by atoms with Crippen LogP contribution < -0.4 is 10.8 Å². The molecule has 0 amide bonds. The molecule has 84 valence electrons. The molecule has 4 heteroatoms. The van der Waals surface area contributed by atoms with Gasteiger partial charge in [0.1, 0.15) is 5.36 Å². The minimum Gasteiger partial charge on any atom is -0.279 e. The molecule has 3 rings (SSSR count). The first-order valence-electron chi connectivity index (χ1n) is 5.62. The van der Waals surface area contributed by atoms with Gasteiger partial charge in [-0.2, -0.15) is 0 Å². The lowest BCUT2D eigenvalue weighted by atomic mass is 10.1. The van der Waals surface area contributed by atoms with E-state index in [4.69, 9.17) is 0 Å². The highest BCUT2D eigenvalue weighted by Crippen LogP contribution is 2.16. The van der Waals surface area contributed by atoms with E-state index in [2.05, 4.69) is 20.0 Å². The van der Waals surface area contributed by atoms with Gasteiger partial charge < -0.3 is 0 Å². The standard InChI is InChI=1S/C13H12N4/c1-9-10(3-2-6-14-9)11-4-5-12-13(17-11)16-8-7-15-12/h2-6H,7-8H2,1H3. The van der Waals surface area contributed by atoms with Crippen LogP contribution in [0.5, 0.6) is 0 Å². The summed E-state index contributed by atoms with van der Waals surface area (Å²) in [5, 5.41) is 0.890. The Hall–Kier alpha value is -2.10. The monoisotopic (exact) mass is 224 g/mol. The summed E-state index contributed by atoms with van der Waals surface area (Å²) in [5.74, 6) is 0. The summed E-state index contributed by atoms with van der Waals surface area (Å²) < 4.78 is 0. The number of hydrogen-bond donors (Lipinski definition) is 0. The number of aryl methyl sites for hydroxylation is 1. The molecule has 0 saturated heterocycles. The maximum absolute atomic E-state index is 4.54. The number of aromatic nitrogens is 2. The van der Waals surface area contributed by atoms with Crippen LogP contribution >= 0.6 is 0 Å². The summed E-state index contributed by atoms with van der Waals surface area (Å²) in [5.41, 5.74) is 3.69. The second-order valence-electron chi connectivity index (χ2n) is 3.94. The lowest BCUT2D eigenvalue weighted by Gasteiger charge is -2.05. The van der Waals surface area contributed by atoms with Crippen LogP contribution in [0.4, 0.5) is 0 Å². The van der Waals surface area contributed by atoms with Gasteiger partial charge in [-0.3, -0.25) is 15.0 Å². The minimum atomic E-state index is 0.732. The van der Waals surface area contributed by atoms with E-state index < -0.39 is 0 Å². The van der Waals surface area contributed by atoms with Crippen LogP contribution in [-0.2, 0) is 0 Å². The van der Waals surface area contributed by atoms with Crippen molar-refractivity contribution < 1.29 is 0 Å². The molecule has 0 spiro atoms. The van der Waals surface area contributed by atoms with E-state index in [0.717, 1.165) is 40.9 Å². The quantitative estimate of drug-likeness (QED) is 0.716. The van der Waals surface area contributed by atoms with Gasteiger partial charge in [0.25, 0.3) is 0 Å². The maximum Gasteiger partial charge on any atom is 0.173 e. The van der Waals surface area contributed by atoms with Crippen LogP contribution in [0.15, 0.2) is 40.4 Å². The number of pyridine rings is 2. The summed E-state index contributed by atoms with van der Waals surface area (Å²) in [6, 6.07) is 7.90. The molecule has 0 bridgehead atoms. The molecule has 0 atom stereocenters. The van der Waals surface area contributed by atoms with Gasteiger partial charge in [-0.1, -0.05) is 0 Å². The maximum atomic E-state index is 4.54. The highest BCUT2D eigenvalue weighted by Gasteiger charge is 2.05. The van der Waals surface area contributed by atoms with Crippen molar-refractivity contribution in [2.45, 2.75) is 6.92 Å². The van der Waals surface area contributed by atoms with Gasteiger partial charge in [0.15, 0.2) is 5.49 Å². The summed E-state index contributed by atoms with van der Waals surface area (Å²) in [6.07, 6.45) is 1.79. The Kier molecular flexibility index (Phi) is 2.40. The van der Waals surface area contributed by atoms with E-state index in [9.17, 15) is 0 Å². The van der Waals surface area contributed by atoms with E-state index in [1.165, 1.54) is 0 Å². The SMILES string of the molecule is Cc1ncccc1-c1ccc2c(n1)=NCCN=2. The largest absolute Gasteiger partial charge is 0.279 e. The van der Waals surface area contributed by atoms with Crippen LogP contribution in [0.2, 0.25) is 0 Å². The third-order valence-electron chi connectivity index (χ3n) is 2.78. The first kappa shape index (κ1) is 10.1. The topological polar surface area (TPSA) is 50.5 Å². The van der Waals surface area contributed by atoms with Crippen molar-refractivity contribution in [1.29, 1.82) is 0 Å². The Morgan fingerprint density at radius 1 is 1.06 bits per heavy atom. The average Bonchev–Trinajstić information content (AvgIpc) is 2.39. The molecule has 4 nitrogen and oxygen atoms in total. The molecule has 1 aliphatic rings. The third kappa shape index (κ3) is 1.82. The van der Waals surface area contributed by atoms with Gasteiger partial charge in [0.2, 0.25) is 0 Å². The van der Waals surface area contributed by atoms with Gasteiger partial charge in [-0.05, 0) is 31.2 Å². The number of nitrogens with zero attached hydrogens (tertiary/aromatic N) is 4. The van der Waals surface area contributed by atoms with Gasteiger partial charge >= 0.3 is 0 Å². The molecule has 2 aromatic heterocycles. The van der Waals surface area contributed by atoms with Gasteiger partial charge in [-0.15, -0.1) is 0 Å². The molecule has 17 heavy (non-hydrogen) atoms. The Balaban J connectivity index is 2.21. The molecular weight excluding hydrogens is 212 g/mol. The molecule has 0 radical (unpaired) electrons. The second-order valence-corrected chi connectivity index (χ2v) is 3.94. The molecule has 0 aliphatic carbocycles. The van der Waals surface area contributed by atoms with Gasteiger partial charge in [0, 0.05) is 17.5 Å². The van der Waals surface area contributed by atoms with Crippen LogP contribution in [0.3, 0.4) is 0 Å². The molecule has 0 N–H and O–H groups in total. The summed E-state index contributed by atoms with van der Waals surface area (Å²) in [6.45, 7) is 3.48. The third-order valence-corrected chi connectivity index (χ3v) is 2.78. The predicted octanol–water partition coefficient (Wildman–Crippen LogP) is 0.705. The van der Waals surface area contributed by atoms with Crippen LogP contribution in [0.1, 0.15) is 5.69 Å². The summed E-state index contributed by atoms with van der Waals surface area (Å²) >= 11 is 0. The van der Waals surface area contributed by atoms with Crippen molar-refractivity contribution in [3.63, 3.8) is 0 Å². The lowest BCUT2D eigenvalue weighted by molar-refractivity contribution is 0.835. The second kappa shape index (κ2) is 4.05. The lowest BCUT2D eigenvalue weighted by Crippen LogP contribution is -2.33. The summed E-state index contributed by atoms with van der Waals surface area (Å²) in [4.78, 5) is 17.6. The molecular formula is C13H12N4. The zero-order valence-electron chi connectivity index (χ0n) is 9.59. The van der Waals surface area contributed by atoms with E-state index in [-0.39, 0.29) is 0 Å². The summed E-state index contributed by atoms with van der Waals surface area (Å²) in [7, 11) is 0. The normalized spacial score (nSPS) is 13.5. The molecule has 0 fully saturated rings. The predicted molar refractivity (Wildman–Crippen MR) is 64.3 cm³/mol. The zero-order valence-corrected chi connectivity index (χ0v) is 9.59.